The average Bonchev–Trinajstić information content (AvgIpc) is 2.51. The van der Waals surface area contributed by atoms with E-state index in [0.29, 0.717) is 6.61 Å². The van der Waals surface area contributed by atoms with Gasteiger partial charge in [-0.3, -0.25) is 0 Å². The highest BCUT2D eigenvalue weighted by molar-refractivity contribution is 5.43. The van der Waals surface area contributed by atoms with Gasteiger partial charge in [-0.25, -0.2) is 0 Å². The molecule has 0 amide bonds. The second-order valence-corrected chi connectivity index (χ2v) is 4.28. The maximum absolute atomic E-state index is 5.75. The van der Waals surface area contributed by atoms with E-state index >= 15 is 0 Å². The van der Waals surface area contributed by atoms with Crippen molar-refractivity contribution in [3.05, 3.63) is 23.8 Å². The van der Waals surface area contributed by atoms with Crippen LogP contribution in [0.3, 0.4) is 0 Å². The van der Waals surface area contributed by atoms with Crippen LogP contribution in [0.25, 0.3) is 0 Å². The standard InChI is InChI=1S/C15H24O3.C2H6/c1-4-5-7-13-8-9-14(17-3)15(12-13)18-11-6-10-16-2;1-2/h8-9,12H,4-7,10-11H2,1-3H3;1-2H3. The third-order valence-corrected chi connectivity index (χ3v) is 2.80. The van der Waals surface area contributed by atoms with Crippen LogP contribution < -0.4 is 9.47 Å². The van der Waals surface area contributed by atoms with E-state index in [9.17, 15) is 0 Å². The Morgan fingerprint density at radius 2 is 1.70 bits per heavy atom. The summed E-state index contributed by atoms with van der Waals surface area (Å²) in [6.07, 6.45) is 4.39. The van der Waals surface area contributed by atoms with Gasteiger partial charge >= 0.3 is 0 Å². The molecule has 116 valence electrons. The number of rotatable bonds is 9. The molecule has 0 N–H and O–H groups in total. The molecule has 0 unspecified atom stereocenters. The van der Waals surface area contributed by atoms with E-state index in [4.69, 9.17) is 14.2 Å². The Morgan fingerprint density at radius 1 is 0.950 bits per heavy atom. The fourth-order valence-electron chi connectivity index (χ4n) is 1.76. The molecule has 1 aromatic carbocycles. The molecule has 0 aliphatic heterocycles. The Bertz CT molecular complexity index is 337. The Kier molecular flexibility index (Phi) is 12.0. The van der Waals surface area contributed by atoms with Crippen molar-refractivity contribution in [3.63, 3.8) is 0 Å². The van der Waals surface area contributed by atoms with Gasteiger partial charge in [0, 0.05) is 20.1 Å². The van der Waals surface area contributed by atoms with Crippen LogP contribution >= 0.6 is 0 Å². The minimum absolute atomic E-state index is 0.654. The molecule has 3 nitrogen and oxygen atoms in total. The molecule has 3 heteroatoms. The fraction of sp³-hybridized carbons (Fsp3) is 0.647. The van der Waals surface area contributed by atoms with Gasteiger partial charge in [0.2, 0.25) is 0 Å². The van der Waals surface area contributed by atoms with E-state index < -0.39 is 0 Å². The number of aryl methyl sites for hydroxylation is 1. The third kappa shape index (κ3) is 7.39. The average molecular weight is 282 g/mol. The molecule has 0 bridgehead atoms. The van der Waals surface area contributed by atoms with Gasteiger partial charge in [0.25, 0.3) is 0 Å². The summed E-state index contributed by atoms with van der Waals surface area (Å²) < 4.78 is 16.1. The molecule has 0 fully saturated rings. The molecule has 0 aliphatic carbocycles. The zero-order chi connectivity index (χ0) is 15.2. The van der Waals surface area contributed by atoms with Gasteiger partial charge in [-0.1, -0.05) is 33.3 Å². The first-order valence-electron chi connectivity index (χ1n) is 7.60. The number of unbranched alkanes of at least 4 members (excludes halogenated alkanes) is 1. The van der Waals surface area contributed by atoms with Crippen LogP contribution in [-0.2, 0) is 11.2 Å². The molecule has 1 aromatic rings. The SMILES string of the molecule is CC.CCCCc1ccc(OC)c(OCCCOC)c1. The van der Waals surface area contributed by atoms with E-state index in [1.165, 1.54) is 18.4 Å². The Balaban J connectivity index is 0.00000172. The number of benzene rings is 1. The van der Waals surface area contributed by atoms with Crippen molar-refractivity contribution in [2.75, 3.05) is 27.4 Å². The maximum Gasteiger partial charge on any atom is 0.161 e. The van der Waals surface area contributed by atoms with Crippen LogP contribution in [0.2, 0.25) is 0 Å². The number of methoxy groups -OCH3 is 2. The number of ether oxygens (including phenoxy) is 3. The minimum Gasteiger partial charge on any atom is -0.493 e. The first-order valence-corrected chi connectivity index (χ1v) is 7.60. The van der Waals surface area contributed by atoms with E-state index in [-0.39, 0.29) is 0 Å². The second-order valence-electron chi connectivity index (χ2n) is 4.28. The summed E-state index contributed by atoms with van der Waals surface area (Å²) >= 11 is 0. The van der Waals surface area contributed by atoms with Crippen molar-refractivity contribution < 1.29 is 14.2 Å². The Hall–Kier alpha value is -1.22. The van der Waals surface area contributed by atoms with Crippen LogP contribution in [0.4, 0.5) is 0 Å². The quantitative estimate of drug-likeness (QED) is 0.625. The van der Waals surface area contributed by atoms with Gasteiger partial charge in [-0.2, -0.15) is 0 Å². The zero-order valence-corrected chi connectivity index (χ0v) is 13.7. The molecule has 0 aliphatic rings. The molecule has 20 heavy (non-hydrogen) atoms. The fourth-order valence-corrected chi connectivity index (χ4v) is 1.76. The summed E-state index contributed by atoms with van der Waals surface area (Å²) in [5, 5.41) is 0. The van der Waals surface area contributed by atoms with Gasteiger partial charge in [-0.05, 0) is 30.5 Å². The van der Waals surface area contributed by atoms with E-state index in [0.717, 1.165) is 30.9 Å². The van der Waals surface area contributed by atoms with Gasteiger partial charge in [0.15, 0.2) is 11.5 Å². The molecule has 0 aromatic heterocycles. The highest BCUT2D eigenvalue weighted by atomic mass is 16.5. The van der Waals surface area contributed by atoms with Crippen LogP contribution in [0.5, 0.6) is 11.5 Å². The van der Waals surface area contributed by atoms with Gasteiger partial charge in [-0.15, -0.1) is 0 Å². The highest BCUT2D eigenvalue weighted by Gasteiger charge is 2.05. The van der Waals surface area contributed by atoms with Crippen molar-refractivity contribution in [1.29, 1.82) is 0 Å². The first-order chi connectivity index (χ1) is 9.81. The van der Waals surface area contributed by atoms with Crippen LogP contribution in [-0.4, -0.2) is 27.4 Å². The Labute approximate surface area is 124 Å². The summed E-state index contributed by atoms with van der Waals surface area (Å²) in [6.45, 7) is 7.57. The van der Waals surface area contributed by atoms with Crippen LogP contribution in [0, 0.1) is 0 Å². The number of hydrogen-bond donors (Lipinski definition) is 0. The predicted molar refractivity (Wildman–Crippen MR) is 84.9 cm³/mol. The summed E-state index contributed by atoms with van der Waals surface area (Å²) in [5.74, 6) is 1.63. The van der Waals surface area contributed by atoms with Crippen molar-refractivity contribution >= 4 is 0 Å². The summed E-state index contributed by atoms with van der Waals surface area (Å²) in [7, 11) is 3.37. The zero-order valence-electron chi connectivity index (χ0n) is 13.7. The monoisotopic (exact) mass is 282 g/mol. The topological polar surface area (TPSA) is 27.7 Å². The number of hydrogen-bond acceptors (Lipinski definition) is 3. The van der Waals surface area contributed by atoms with Gasteiger partial charge in [0.1, 0.15) is 0 Å². The third-order valence-electron chi connectivity index (χ3n) is 2.80. The lowest BCUT2D eigenvalue weighted by Gasteiger charge is -2.12. The summed E-state index contributed by atoms with van der Waals surface area (Å²) in [4.78, 5) is 0. The van der Waals surface area contributed by atoms with E-state index in [1.807, 2.05) is 19.9 Å². The molecule has 0 saturated carbocycles. The first kappa shape index (κ1) is 18.8. The molecular formula is C17H30O3. The van der Waals surface area contributed by atoms with Crippen molar-refractivity contribution in [1.82, 2.24) is 0 Å². The lowest BCUT2D eigenvalue weighted by atomic mass is 10.1. The summed E-state index contributed by atoms with van der Waals surface area (Å²) in [6, 6.07) is 6.18. The van der Waals surface area contributed by atoms with Crippen molar-refractivity contribution in [3.8, 4) is 11.5 Å². The van der Waals surface area contributed by atoms with E-state index in [2.05, 4.69) is 19.1 Å². The summed E-state index contributed by atoms with van der Waals surface area (Å²) in [5.41, 5.74) is 1.30. The molecule has 0 radical (unpaired) electrons. The van der Waals surface area contributed by atoms with Crippen LogP contribution in [0.1, 0.15) is 45.6 Å². The lowest BCUT2D eigenvalue weighted by Crippen LogP contribution is -2.03. The largest absolute Gasteiger partial charge is 0.493 e. The van der Waals surface area contributed by atoms with E-state index in [1.54, 1.807) is 14.2 Å². The normalized spacial score (nSPS) is 9.65. The smallest absolute Gasteiger partial charge is 0.161 e. The molecule has 0 heterocycles. The second kappa shape index (κ2) is 12.8. The molecule has 1 rings (SSSR count). The molecular weight excluding hydrogens is 252 g/mol. The molecule has 0 spiro atoms. The van der Waals surface area contributed by atoms with Crippen molar-refractivity contribution in [2.24, 2.45) is 0 Å². The van der Waals surface area contributed by atoms with Crippen LogP contribution in [0.15, 0.2) is 18.2 Å². The highest BCUT2D eigenvalue weighted by Crippen LogP contribution is 2.28. The predicted octanol–water partition coefficient (Wildman–Crippen LogP) is 4.48. The maximum atomic E-state index is 5.75. The molecule has 0 atom stereocenters. The van der Waals surface area contributed by atoms with Gasteiger partial charge < -0.3 is 14.2 Å². The Morgan fingerprint density at radius 3 is 2.30 bits per heavy atom. The van der Waals surface area contributed by atoms with Gasteiger partial charge in [0.05, 0.1) is 13.7 Å². The lowest BCUT2D eigenvalue weighted by molar-refractivity contribution is 0.170. The molecule has 0 saturated heterocycles. The minimum atomic E-state index is 0.654. The van der Waals surface area contributed by atoms with Crippen molar-refractivity contribution in [2.45, 2.75) is 46.5 Å².